The molecular formula is C18H18Cl2N2O4. The van der Waals surface area contributed by atoms with Gasteiger partial charge in [-0.1, -0.05) is 23.2 Å². The van der Waals surface area contributed by atoms with Crippen molar-refractivity contribution in [1.29, 1.82) is 0 Å². The number of benzene rings is 2. The first-order valence-electron chi connectivity index (χ1n) is 7.78. The summed E-state index contributed by atoms with van der Waals surface area (Å²) < 4.78 is 16.1. The Balaban J connectivity index is 1.91. The number of rotatable bonds is 5. The van der Waals surface area contributed by atoms with Gasteiger partial charge in [-0.25, -0.2) is 0 Å². The Morgan fingerprint density at radius 3 is 2.27 bits per heavy atom. The van der Waals surface area contributed by atoms with E-state index in [4.69, 9.17) is 37.4 Å². The van der Waals surface area contributed by atoms with Crippen LogP contribution in [0.2, 0.25) is 10.0 Å². The second-order valence-corrected chi connectivity index (χ2v) is 6.53. The lowest BCUT2D eigenvalue weighted by Crippen LogP contribution is -2.11. The van der Waals surface area contributed by atoms with E-state index in [1.165, 1.54) is 6.07 Å². The summed E-state index contributed by atoms with van der Waals surface area (Å²) in [5.74, 6) is 1.61. The number of hydrazone groups is 1. The molecule has 1 aliphatic heterocycles. The van der Waals surface area contributed by atoms with Crippen molar-refractivity contribution in [1.82, 2.24) is 5.43 Å². The fourth-order valence-electron chi connectivity index (χ4n) is 2.89. The maximum Gasteiger partial charge on any atom is 0.203 e. The molecule has 0 aromatic heterocycles. The van der Waals surface area contributed by atoms with Gasteiger partial charge in [-0.3, -0.25) is 0 Å². The highest BCUT2D eigenvalue weighted by Gasteiger charge is 2.26. The molecule has 1 heterocycles. The number of nitrogens with zero attached hydrogens (tertiary/aromatic N) is 1. The van der Waals surface area contributed by atoms with Gasteiger partial charge in [0.1, 0.15) is 5.75 Å². The van der Waals surface area contributed by atoms with Crippen LogP contribution in [0.4, 0.5) is 0 Å². The van der Waals surface area contributed by atoms with E-state index < -0.39 is 0 Å². The quantitative estimate of drug-likeness (QED) is 0.793. The van der Waals surface area contributed by atoms with Crippen LogP contribution in [-0.2, 0) is 0 Å². The number of phenols is 1. The average Bonchev–Trinajstić information content (AvgIpc) is 3.13. The average molecular weight is 397 g/mol. The molecule has 6 nitrogen and oxygen atoms in total. The molecule has 2 aromatic rings. The predicted molar refractivity (Wildman–Crippen MR) is 101 cm³/mol. The van der Waals surface area contributed by atoms with Crippen molar-refractivity contribution in [3.8, 4) is 23.0 Å². The van der Waals surface area contributed by atoms with E-state index in [2.05, 4.69) is 10.5 Å². The lowest BCUT2D eigenvalue weighted by atomic mass is 9.98. The first-order valence-corrected chi connectivity index (χ1v) is 8.54. The predicted octanol–water partition coefficient (Wildman–Crippen LogP) is 4.16. The molecule has 1 aliphatic rings. The van der Waals surface area contributed by atoms with Crippen LogP contribution in [0.15, 0.2) is 29.4 Å². The smallest absolute Gasteiger partial charge is 0.203 e. The number of phenolic OH excluding ortho intramolecular Hbond substituents is 1. The summed E-state index contributed by atoms with van der Waals surface area (Å²) in [6.07, 6.45) is 0.531. The van der Waals surface area contributed by atoms with E-state index in [1.54, 1.807) is 27.4 Å². The summed E-state index contributed by atoms with van der Waals surface area (Å²) in [5.41, 5.74) is 5.14. The third-order valence-corrected chi connectivity index (χ3v) is 4.69. The molecule has 2 aromatic carbocycles. The molecule has 3 rings (SSSR count). The summed E-state index contributed by atoms with van der Waals surface area (Å²) in [4.78, 5) is 0. The standard InChI is InChI=1S/C18H18Cl2N2O4/c1-24-15-4-9(5-16(25-2)18(15)26-3)13-8-14(22-21-13)11-6-10(19)7-12(20)17(11)23/h4-7,13,21,23H,8H2,1-3H3/t13-/m0/s1. The highest BCUT2D eigenvalue weighted by molar-refractivity contribution is 6.36. The maximum atomic E-state index is 10.2. The Morgan fingerprint density at radius 2 is 1.69 bits per heavy atom. The molecule has 0 amide bonds. The molecular weight excluding hydrogens is 379 g/mol. The summed E-state index contributed by atoms with van der Waals surface area (Å²) in [6, 6.07) is 6.73. The monoisotopic (exact) mass is 396 g/mol. The highest BCUT2D eigenvalue weighted by Crippen LogP contribution is 2.41. The van der Waals surface area contributed by atoms with Crippen molar-refractivity contribution in [2.75, 3.05) is 21.3 Å². The molecule has 26 heavy (non-hydrogen) atoms. The van der Waals surface area contributed by atoms with Crippen LogP contribution >= 0.6 is 23.2 Å². The minimum Gasteiger partial charge on any atom is -0.506 e. The van der Waals surface area contributed by atoms with E-state index in [9.17, 15) is 5.11 Å². The van der Waals surface area contributed by atoms with Crippen LogP contribution < -0.4 is 19.6 Å². The highest BCUT2D eigenvalue weighted by atomic mass is 35.5. The number of aromatic hydroxyl groups is 1. The van der Waals surface area contributed by atoms with E-state index in [1.807, 2.05) is 12.1 Å². The third-order valence-electron chi connectivity index (χ3n) is 4.18. The fourth-order valence-corrected chi connectivity index (χ4v) is 3.38. The Morgan fingerprint density at radius 1 is 1.04 bits per heavy atom. The summed E-state index contributed by atoms with van der Waals surface area (Å²) >= 11 is 12.1. The van der Waals surface area contributed by atoms with Crippen LogP contribution in [0.3, 0.4) is 0 Å². The molecule has 0 unspecified atom stereocenters. The number of hydrogen-bond donors (Lipinski definition) is 2. The van der Waals surface area contributed by atoms with Crippen LogP contribution in [0, 0.1) is 0 Å². The van der Waals surface area contributed by atoms with Gasteiger partial charge in [0.25, 0.3) is 0 Å². The van der Waals surface area contributed by atoms with E-state index in [-0.39, 0.29) is 16.8 Å². The van der Waals surface area contributed by atoms with Crippen LogP contribution in [0.5, 0.6) is 23.0 Å². The second kappa shape index (κ2) is 7.51. The van der Waals surface area contributed by atoms with Crippen LogP contribution in [0.1, 0.15) is 23.6 Å². The lowest BCUT2D eigenvalue weighted by Gasteiger charge is -2.17. The van der Waals surface area contributed by atoms with Crippen LogP contribution in [0.25, 0.3) is 0 Å². The Hall–Kier alpha value is -2.31. The molecule has 0 saturated heterocycles. The topological polar surface area (TPSA) is 72.3 Å². The third kappa shape index (κ3) is 3.34. The van der Waals surface area contributed by atoms with Gasteiger partial charge in [0, 0.05) is 17.0 Å². The van der Waals surface area contributed by atoms with Gasteiger partial charge < -0.3 is 24.7 Å². The molecule has 0 aliphatic carbocycles. The molecule has 2 N–H and O–H groups in total. The Bertz CT molecular complexity index is 846. The second-order valence-electron chi connectivity index (χ2n) is 5.69. The molecule has 0 spiro atoms. The zero-order valence-corrected chi connectivity index (χ0v) is 16.0. The van der Waals surface area contributed by atoms with Crippen molar-refractivity contribution in [3.05, 3.63) is 45.4 Å². The number of nitrogens with one attached hydrogen (secondary N) is 1. The summed E-state index contributed by atoms with van der Waals surface area (Å²) in [7, 11) is 4.69. The number of ether oxygens (including phenoxy) is 3. The molecule has 0 fully saturated rings. The molecule has 1 atom stereocenters. The van der Waals surface area contributed by atoms with Gasteiger partial charge in [0.05, 0.1) is 38.1 Å². The SMILES string of the molecule is COc1cc([C@@H]2CC(c3cc(Cl)cc(Cl)c3O)=NN2)cc(OC)c1OC. The molecule has 0 bridgehead atoms. The molecule has 138 valence electrons. The zero-order valence-electron chi connectivity index (χ0n) is 14.5. The van der Waals surface area contributed by atoms with Gasteiger partial charge in [-0.15, -0.1) is 0 Å². The number of halogens is 2. The Kier molecular flexibility index (Phi) is 5.34. The minimum absolute atomic E-state index is 0.0397. The van der Waals surface area contributed by atoms with E-state index >= 15 is 0 Å². The van der Waals surface area contributed by atoms with Crippen molar-refractivity contribution in [3.63, 3.8) is 0 Å². The van der Waals surface area contributed by atoms with E-state index in [0.717, 1.165) is 5.56 Å². The molecule has 8 heteroatoms. The maximum absolute atomic E-state index is 10.2. The van der Waals surface area contributed by atoms with Gasteiger partial charge >= 0.3 is 0 Å². The van der Waals surface area contributed by atoms with Gasteiger partial charge in [-0.05, 0) is 29.8 Å². The van der Waals surface area contributed by atoms with Crippen molar-refractivity contribution in [2.45, 2.75) is 12.5 Å². The van der Waals surface area contributed by atoms with Crippen molar-refractivity contribution in [2.24, 2.45) is 5.10 Å². The van der Waals surface area contributed by atoms with E-state index in [0.29, 0.717) is 40.0 Å². The zero-order chi connectivity index (χ0) is 18.8. The molecule has 0 saturated carbocycles. The largest absolute Gasteiger partial charge is 0.506 e. The molecule has 0 radical (unpaired) electrons. The van der Waals surface area contributed by atoms with Crippen molar-refractivity contribution >= 4 is 28.9 Å². The van der Waals surface area contributed by atoms with Crippen LogP contribution in [-0.4, -0.2) is 32.1 Å². The lowest BCUT2D eigenvalue weighted by molar-refractivity contribution is 0.323. The first-order chi connectivity index (χ1) is 12.5. The number of methoxy groups -OCH3 is 3. The minimum atomic E-state index is -0.129. The Labute approximate surface area is 161 Å². The fraction of sp³-hybridized carbons (Fsp3) is 0.278. The van der Waals surface area contributed by atoms with Gasteiger partial charge in [0.2, 0.25) is 5.75 Å². The first kappa shape index (κ1) is 18.5. The van der Waals surface area contributed by atoms with Gasteiger partial charge in [0.15, 0.2) is 11.5 Å². The number of hydrogen-bond acceptors (Lipinski definition) is 6. The normalized spacial score (nSPS) is 16.0. The summed E-state index contributed by atoms with van der Waals surface area (Å²) in [6.45, 7) is 0. The summed E-state index contributed by atoms with van der Waals surface area (Å²) in [5, 5.41) is 15.2. The van der Waals surface area contributed by atoms with Crippen molar-refractivity contribution < 1.29 is 19.3 Å². The van der Waals surface area contributed by atoms with Gasteiger partial charge in [-0.2, -0.15) is 5.10 Å².